The van der Waals surface area contributed by atoms with Gasteiger partial charge in [-0.15, -0.1) is 5.10 Å². The van der Waals surface area contributed by atoms with Crippen LogP contribution in [0, 0.1) is 0 Å². The van der Waals surface area contributed by atoms with Crippen molar-refractivity contribution in [1.82, 2.24) is 20.3 Å². The topological polar surface area (TPSA) is 95.1 Å². The Morgan fingerprint density at radius 1 is 1.71 bits per heavy atom. The molecule has 0 bridgehead atoms. The van der Waals surface area contributed by atoms with E-state index in [0.29, 0.717) is 32.0 Å². The van der Waals surface area contributed by atoms with E-state index in [9.17, 15) is 4.79 Å². The molecule has 0 aromatic carbocycles. The number of rotatable bonds is 7. The highest BCUT2D eigenvalue weighted by molar-refractivity contribution is 5.92. The fourth-order valence-electron chi connectivity index (χ4n) is 1.28. The maximum absolute atomic E-state index is 11.7. The van der Waals surface area contributed by atoms with Gasteiger partial charge in [-0.1, -0.05) is 5.21 Å². The Hall–Kier alpha value is -1.47. The molecule has 1 aromatic rings. The monoisotopic (exact) mass is 241 g/mol. The molecule has 0 saturated heterocycles. The molecule has 1 aromatic heterocycles. The minimum atomic E-state index is -0.250. The van der Waals surface area contributed by atoms with Crippen molar-refractivity contribution in [2.24, 2.45) is 5.73 Å². The van der Waals surface area contributed by atoms with Gasteiger partial charge < -0.3 is 15.8 Å². The SMILES string of the molecule is CCOCC(C)NC(=O)c1cn(CCN)nn1. The largest absolute Gasteiger partial charge is 0.380 e. The lowest BCUT2D eigenvalue weighted by Gasteiger charge is -2.12. The number of amides is 1. The first-order valence-corrected chi connectivity index (χ1v) is 5.66. The van der Waals surface area contributed by atoms with Crippen LogP contribution >= 0.6 is 0 Å². The molecule has 1 amide bonds. The lowest BCUT2D eigenvalue weighted by atomic mass is 10.3. The van der Waals surface area contributed by atoms with Crippen LogP contribution in [-0.4, -0.2) is 46.7 Å². The number of aromatic nitrogens is 3. The van der Waals surface area contributed by atoms with Crippen LogP contribution < -0.4 is 11.1 Å². The predicted molar refractivity (Wildman–Crippen MR) is 62.5 cm³/mol. The maximum atomic E-state index is 11.7. The average molecular weight is 241 g/mol. The van der Waals surface area contributed by atoms with Crippen molar-refractivity contribution in [1.29, 1.82) is 0 Å². The van der Waals surface area contributed by atoms with Gasteiger partial charge in [0.15, 0.2) is 5.69 Å². The number of hydrogen-bond donors (Lipinski definition) is 2. The minimum Gasteiger partial charge on any atom is -0.380 e. The van der Waals surface area contributed by atoms with Gasteiger partial charge in [0, 0.05) is 19.2 Å². The lowest BCUT2D eigenvalue weighted by Crippen LogP contribution is -2.36. The Balaban J connectivity index is 2.45. The van der Waals surface area contributed by atoms with E-state index in [-0.39, 0.29) is 11.9 Å². The van der Waals surface area contributed by atoms with Gasteiger partial charge in [0.2, 0.25) is 0 Å². The summed E-state index contributed by atoms with van der Waals surface area (Å²) in [7, 11) is 0. The quantitative estimate of drug-likeness (QED) is 0.664. The second-order valence-corrected chi connectivity index (χ2v) is 3.69. The molecule has 0 spiro atoms. The highest BCUT2D eigenvalue weighted by atomic mass is 16.5. The van der Waals surface area contributed by atoms with Crippen molar-refractivity contribution in [3.8, 4) is 0 Å². The summed E-state index contributed by atoms with van der Waals surface area (Å²) < 4.78 is 6.75. The van der Waals surface area contributed by atoms with Gasteiger partial charge in [0.25, 0.3) is 5.91 Å². The van der Waals surface area contributed by atoms with Crippen molar-refractivity contribution >= 4 is 5.91 Å². The molecule has 1 unspecified atom stereocenters. The van der Waals surface area contributed by atoms with Crippen molar-refractivity contribution < 1.29 is 9.53 Å². The van der Waals surface area contributed by atoms with E-state index in [0.717, 1.165) is 0 Å². The van der Waals surface area contributed by atoms with Gasteiger partial charge in [-0.2, -0.15) is 0 Å². The van der Waals surface area contributed by atoms with Crippen molar-refractivity contribution in [2.75, 3.05) is 19.8 Å². The summed E-state index contributed by atoms with van der Waals surface area (Å²) >= 11 is 0. The van der Waals surface area contributed by atoms with Crippen LogP contribution in [0.4, 0.5) is 0 Å². The van der Waals surface area contributed by atoms with Crippen molar-refractivity contribution in [3.63, 3.8) is 0 Å². The normalized spacial score (nSPS) is 12.4. The van der Waals surface area contributed by atoms with Crippen molar-refractivity contribution in [2.45, 2.75) is 26.4 Å². The van der Waals surface area contributed by atoms with Gasteiger partial charge >= 0.3 is 0 Å². The summed E-state index contributed by atoms with van der Waals surface area (Å²) in [4.78, 5) is 11.7. The number of ether oxygens (including phenoxy) is 1. The molecular formula is C10H19N5O2. The summed E-state index contributed by atoms with van der Waals surface area (Å²) in [5, 5.41) is 10.3. The molecule has 0 aliphatic rings. The maximum Gasteiger partial charge on any atom is 0.273 e. The summed E-state index contributed by atoms with van der Waals surface area (Å²) in [6.07, 6.45) is 1.58. The third kappa shape index (κ3) is 4.49. The molecule has 0 aliphatic heterocycles. The smallest absolute Gasteiger partial charge is 0.273 e. The zero-order chi connectivity index (χ0) is 12.7. The third-order valence-corrected chi connectivity index (χ3v) is 2.08. The van der Waals surface area contributed by atoms with E-state index in [1.165, 1.54) is 0 Å². The summed E-state index contributed by atoms with van der Waals surface area (Å²) in [6.45, 7) is 5.91. The number of nitrogens with one attached hydrogen (secondary N) is 1. The molecule has 1 atom stereocenters. The van der Waals surface area contributed by atoms with E-state index in [1.54, 1.807) is 10.9 Å². The molecule has 0 saturated carbocycles. The second-order valence-electron chi connectivity index (χ2n) is 3.69. The molecule has 96 valence electrons. The first-order chi connectivity index (χ1) is 8.17. The first kappa shape index (κ1) is 13.6. The fraction of sp³-hybridized carbons (Fsp3) is 0.700. The molecule has 7 heteroatoms. The Kier molecular flexibility index (Phi) is 5.58. The Morgan fingerprint density at radius 3 is 3.12 bits per heavy atom. The summed E-state index contributed by atoms with van der Waals surface area (Å²) in [5.41, 5.74) is 5.67. The zero-order valence-corrected chi connectivity index (χ0v) is 10.2. The van der Waals surface area contributed by atoms with E-state index < -0.39 is 0 Å². The highest BCUT2D eigenvalue weighted by Gasteiger charge is 2.13. The molecule has 0 aliphatic carbocycles. The van der Waals surface area contributed by atoms with Crippen LogP contribution in [0.5, 0.6) is 0 Å². The molecule has 1 heterocycles. The molecule has 3 N–H and O–H groups in total. The number of nitrogens with zero attached hydrogens (tertiary/aromatic N) is 3. The van der Waals surface area contributed by atoms with Gasteiger partial charge in [0.05, 0.1) is 19.3 Å². The van der Waals surface area contributed by atoms with Gasteiger partial charge in [0.1, 0.15) is 0 Å². The molecule has 1 rings (SSSR count). The number of carbonyl (C=O) groups excluding carboxylic acids is 1. The lowest BCUT2D eigenvalue weighted by molar-refractivity contribution is 0.0867. The van der Waals surface area contributed by atoms with E-state index in [4.69, 9.17) is 10.5 Å². The van der Waals surface area contributed by atoms with E-state index >= 15 is 0 Å². The molecule has 7 nitrogen and oxygen atoms in total. The number of nitrogens with two attached hydrogens (primary N) is 1. The highest BCUT2D eigenvalue weighted by Crippen LogP contribution is 1.94. The summed E-state index contributed by atoms with van der Waals surface area (Å²) in [5.74, 6) is -0.250. The first-order valence-electron chi connectivity index (χ1n) is 5.66. The predicted octanol–water partition coefficient (Wildman–Crippen LogP) is -0.608. The molecule has 0 fully saturated rings. The van der Waals surface area contributed by atoms with Gasteiger partial charge in [-0.3, -0.25) is 9.48 Å². The number of carbonyl (C=O) groups is 1. The van der Waals surface area contributed by atoms with Crippen LogP contribution in [0.15, 0.2) is 6.20 Å². The minimum absolute atomic E-state index is 0.0536. The Labute approximate surface area is 100 Å². The van der Waals surface area contributed by atoms with Gasteiger partial charge in [-0.05, 0) is 13.8 Å². The average Bonchev–Trinajstić information content (AvgIpc) is 2.75. The van der Waals surface area contributed by atoms with E-state index in [2.05, 4.69) is 15.6 Å². The van der Waals surface area contributed by atoms with Crippen LogP contribution in [0.1, 0.15) is 24.3 Å². The zero-order valence-electron chi connectivity index (χ0n) is 10.2. The van der Waals surface area contributed by atoms with Crippen LogP contribution in [0.25, 0.3) is 0 Å². The fourth-order valence-corrected chi connectivity index (χ4v) is 1.28. The summed E-state index contributed by atoms with van der Waals surface area (Å²) in [6, 6.07) is -0.0536. The van der Waals surface area contributed by atoms with Crippen LogP contribution in [0.2, 0.25) is 0 Å². The second kappa shape index (κ2) is 6.97. The molecule has 17 heavy (non-hydrogen) atoms. The standard InChI is InChI=1S/C10H19N5O2/c1-3-17-7-8(2)12-10(16)9-6-15(5-4-11)14-13-9/h6,8H,3-5,7,11H2,1-2H3,(H,12,16). The van der Waals surface area contributed by atoms with E-state index in [1.807, 2.05) is 13.8 Å². The number of hydrogen-bond acceptors (Lipinski definition) is 5. The van der Waals surface area contributed by atoms with Crippen LogP contribution in [-0.2, 0) is 11.3 Å². The molecular weight excluding hydrogens is 222 g/mol. The Morgan fingerprint density at radius 2 is 2.47 bits per heavy atom. The molecule has 0 radical (unpaired) electrons. The van der Waals surface area contributed by atoms with Crippen LogP contribution in [0.3, 0.4) is 0 Å². The van der Waals surface area contributed by atoms with Gasteiger partial charge in [-0.25, -0.2) is 0 Å². The Bertz CT molecular complexity index is 352. The third-order valence-electron chi connectivity index (χ3n) is 2.08. The van der Waals surface area contributed by atoms with Crippen molar-refractivity contribution in [3.05, 3.63) is 11.9 Å².